The first-order chi connectivity index (χ1) is 15.9. The van der Waals surface area contributed by atoms with Gasteiger partial charge >= 0.3 is 0 Å². The van der Waals surface area contributed by atoms with Crippen LogP contribution in [0.15, 0.2) is 35.7 Å². The van der Waals surface area contributed by atoms with Crippen LogP contribution in [0.2, 0.25) is 0 Å². The Morgan fingerprint density at radius 1 is 0.697 bits per heavy atom. The maximum Gasteiger partial charge on any atom is 0.203 e. The van der Waals surface area contributed by atoms with Crippen LogP contribution in [0.4, 0.5) is 0 Å². The van der Waals surface area contributed by atoms with Crippen molar-refractivity contribution >= 4 is 28.7 Å². The van der Waals surface area contributed by atoms with Crippen LogP contribution in [0.1, 0.15) is 11.1 Å². The van der Waals surface area contributed by atoms with E-state index < -0.39 is 10.8 Å². The van der Waals surface area contributed by atoms with Crippen LogP contribution >= 0.6 is 0 Å². The van der Waals surface area contributed by atoms with Gasteiger partial charge in [0.2, 0.25) is 11.5 Å². The van der Waals surface area contributed by atoms with E-state index >= 15 is 0 Å². The summed E-state index contributed by atoms with van der Waals surface area (Å²) in [6.45, 7) is 0. The SMILES string of the molecule is COc1cc(/C=C\C(=O)CS(=O)/C=C/c2cc(OC)c(OC)c(OC)c2)cc(OC)c1OC. The smallest absolute Gasteiger partial charge is 0.203 e. The van der Waals surface area contributed by atoms with Crippen LogP contribution in [0.25, 0.3) is 12.2 Å². The second-order valence-electron chi connectivity index (χ2n) is 6.54. The molecular weight excluding hydrogens is 448 g/mol. The molecule has 0 radical (unpaired) electrons. The molecule has 0 spiro atoms. The number of hydrogen-bond donors (Lipinski definition) is 0. The number of hydrogen-bond acceptors (Lipinski definition) is 8. The number of benzene rings is 2. The molecule has 2 rings (SSSR count). The Labute approximate surface area is 196 Å². The largest absolute Gasteiger partial charge is 0.493 e. The highest BCUT2D eigenvalue weighted by molar-refractivity contribution is 7.88. The van der Waals surface area contributed by atoms with Crippen molar-refractivity contribution in [1.82, 2.24) is 0 Å². The number of ether oxygens (including phenoxy) is 6. The molecule has 9 heteroatoms. The van der Waals surface area contributed by atoms with E-state index in [0.717, 1.165) is 0 Å². The van der Waals surface area contributed by atoms with E-state index in [0.29, 0.717) is 45.6 Å². The minimum atomic E-state index is -1.51. The second-order valence-corrected chi connectivity index (χ2v) is 7.87. The van der Waals surface area contributed by atoms with Crippen molar-refractivity contribution in [3.63, 3.8) is 0 Å². The lowest BCUT2D eigenvalue weighted by Crippen LogP contribution is -2.05. The molecule has 178 valence electrons. The summed E-state index contributed by atoms with van der Waals surface area (Å²) in [6, 6.07) is 6.88. The number of carbonyl (C=O) groups is 1. The zero-order valence-corrected chi connectivity index (χ0v) is 20.3. The molecule has 0 amide bonds. The Bertz CT molecular complexity index is 925. The summed E-state index contributed by atoms with van der Waals surface area (Å²) in [7, 11) is 7.58. The molecule has 0 saturated carbocycles. The fraction of sp³-hybridized carbons (Fsp3) is 0.292. The monoisotopic (exact) mass is 476 g/mol. The lowest BCUT2D eigenvalue weighted by molar-refractivity contribution is -0.112. The van der Waals surface area contributed by atoms with E-state index in [1.165, 1.54) is 54.1 Å². The van der Waals surface area contributed by atoms with E-state index in [9.17, 15) is 9.00 Å². The molecular formula is C24H28O8S. The maximum absolute atomic E-state index is 12.4. The molecule has 1 unspecified atom stereocenters. The van der Waals surface area contributed by atoms with Gasteiger partial charge in [0.05, 0.1) is 59.2 Å². The van der Waals surface area contributed by atoms with Crippen molar-refractivity contribution in [1.29, 1.82) is 0 Å². The van der Waals surface area contributed by atoms with Gasteiger partial charge in [-0.25, -0.2) is 0 Å². The lowest BCUT2D eigenvalue weighted by atomic mass is 10.1. The Kier molecular flexibility index (Phi) is 9.81. The summed E-state index contributed by atoms with van der Waals surface area (Å²) in [4.78, 5) is 12.3. The minimum Gasteiger partial charge on any atom is -0.493 e. The molecule has 33 heavy (non-hydrogen) atoms. The summed E-state index contributed by atoms with van der Waals surface area (Å²) in [5.74, 6) is 2.37. The van der Waals surface area contributed by atoms with Crippen molar-refractivity contribution in [2.24, 2.45) is 0 Å². The normalized spacial score (nSPS) is 11.9. The third-order valence-corrected chi connectivity index (χ3v) is 5.54. The number of allylic oxidation sites excluding steroid dienone is 1. The summed E-state index contributed by atoms with van der Waals surface area (Å²) in [5.41, 5.74) is 1.37. The summed E-state index contributed by atoms with van der Waals surface area (Å²) < 4.78 is 44.2. The van der Waals surface area contributed by atoms with Crippen LogP contribution in [-0.4, -0.2) is 58.4 Å². The highest BCUT2D eigenvalue weighted by Gasteiger charge is 2.13. The van der Waals surface area contributed by atoms with Crippen LogP contribution in [0.3, 0.4) is 0 Å². The first-order valence-electron chi connectivity index (χ1n) is 9.77. The first-order valence-corrected chi connectivity index (χ1v) is 11.1. The fourth-order valence-corrected chi connectivity index (χ4v) is 3.76. The fourth-order valence-electron chi connectivity index (χ4n) is 2.98. The Balaban J connectivity index is 2.10. The average Bonchev–Trinajstić information content (AvgIpc) is 2.84. The third-order valence-electron chi connectivity index (χ3n) is 4.53. The molecule has 0 fully saturated rings. The highest BCUT2D eigenvalue weighted by atomic mass is 32.2. The highest BCUT2D eigenvalue weighted by Crippen LogP contribution is 2.39. The molecule has 2 aromatic carbocycles. The van der Waals surface area contributed by atoms with E-state index in [4.69, 9.17) is 28.4 Å². The zero-order chi connectivity index (χ0) is 24.4. The zero-order valence-electron chi connectivity index (χ0n) is 19.5. The Morgan fingerprint density at radius 2 is 1.09 bits per heavy atom. The van der Waals surface area contributed by atoms with Gasteiger partial charge in [0.1, 0.15) is 0 Å². The van der Waals surface area contributed by atoms with Gasteiger partial charge in [0.15, 0.2) is 28.8 Å². The van der Waals surface area contributed by atoms with Gasteiger partial charge in [-0.3, -0.25) is 9.00 Å². The Hall–Kier alpha value is -3.46. The maximum atomic E-state index is 12.4. The molecule has 0 aliphatic carbocycles. The molecule has 0 heterocycles. The van der Waals surface area contributed by atoms with Crippen molar-refractivity contribution in [2.45, 2.75) is 0 Å². The summed E-state index contributed by atoms with van der Waals surface area (Å²) >= 11 is 0. The van der Waals surface area contributed by atoms with Gasteiger partial charge < -0.3 is 28.4 Å². The average molecular weight is 477 g/mol. The van der Waals surface area contributed by atoms with Gasteiger partial charge in [0, 0.05) is 5.41 Å². The number of carbonyl (C=O) groups excluding carboxylic acids is 1. The molecule has 8 nitrogen and oxygen atoms in total. The van der Waals surface area contributed by atoms with E-state index in [1.54, 1.807) is 36.4 Å². The van der Waals surface area contributed by atoms with Gasteiger partial charge in [0.25, 0.3) is 0 Å². The first kappa shape index (κ1) is 25.8. The van der Waals surface area contributed by atoms with Crippen molar-refractivity contribution in [3.05, 3.63) is 46.9 Å². The van der Waals surface area contributed by atoms with E-state index in [1.807, 2.05) is 0 Å². The van der Waals surface area contributed by atoms with E-state index in [-0.39, 0.29) is 11.5 Å². The lowest BCUT2D eigenvalue weighted by Gasteiger charge is -2.12. The third kappa shape index (κ3) is 6.76. The number of ketones is 1. The number of methoxy groups -OCH3 is 6. The molecule has 2 aromatic rings. The van der Waals surface area contributed by atoms with Crippen molar-refractivity contribution < 1.29 is 37.4 Å². The molecule has 1 atom stereocenters. The van der Waals surface area contributed by atoms with E-state index in [2.05, 4.69) is 0 Å². The molecule has 0 aliphatic heterocycles. The van der Waals surface area contributed by atoms with Crippen LogP contribution in [0, 0.1) is 0 Å². The quantitative estimate of drug-likeness (QED) is 0.428. The topological polar surface area (TPSA) is 89.5 Å². The Morgan fingerprint density at radius 3 is 1.45 bits per heavy atom. The van der Waals surface area contributed by atoms with Crippen molar-refractivity contribution in [2.75, 3.05) is 48.4 Å². The summed E-state index contributed by atoms with van der Waals surface area (Å²) in [5, 5.41) is 1.45. The van der Waals surface area contributed by atoms with Crippen LogP contribution < -0.4 is 28.4 Å². The van der Waals surface area contributed by atoms with Crippen molar-refractivity contribution in [3.8, 4) is 34.5 Å². The molecule has 0 aromatic heterocycles. The summed E-state index contributed by atoms with van der Waals surface area (Å²) in [6.07, 6.45) is 4.61. The molecule has 0 aliphatic rings. The van der Waals surface area contributed by atoms with Gasteiger partial charge in [-0.1, -0.05) is 6.08 Å². The predicted molar refractivity (Wildman–Crippen MR) is 128 cm³/mol. The standard InChI is InChI=1S/C24H28O8S/c1-27-19-11-16(12-20(28-2)23(19)31-5)7-8-18(25)15-33(26)10-9-17-13-21(29-3)24(32-6)22(14-17)30-4/h7-14H,15H2,1-6H3/b8-7-,10-9+. The van der Waals surface area contributed by atoms with Crippen LogP contribution in [-0.2, 0) is 15.6 Å². The predicted octanol–water partition coefficient (Wildman–Crippen LogP) is 3.74. The second kappa shape index (κ2) is 12.5. The molecule has 0 N–H and O–H groups in total. The van der Waals surface area contributed by atoms with Gasteiger partial charge in [-0.15, -0.1) is 0 Å². The van der Waals surface area contributed by atoms with Crippen LogP contribution in [0.5, 0.6) is 34.5 Å². The molecule has 0 saturated heterocycles. The molecule has 0 bridgehead atoms. The van der Waals surface area contributed by atoms with Gasteiger partial charge in [-0.2, -0.15) is 0 Å². The van der Waals surface area contributed by atoms with Gasteiger partial charge in [-0.05, 0) is 47.5 Å². The minimum absolute atomic E-state index is 0.165. The number of rotatable bonds is 12.